The second kappa shape index (κ2) is 61.6. The molecular weight excluding hydrogens is 887 g/mol. The smallest absolute Gasteiger partial charge is 0.305 e. The Hall–Kier alpha value is -1.92. The Balaban J connectivity index is 3.47. The number of aliphatic hydroxyl groups is 2. The van der Waals surface area contributed by atoms with E-state index in [0.717, 1.165) is 70.6 Å². The van der Waals surface area contributed by atoms with Crippen LogP contribution in [0.2, 0.25) is 0 Å². The second-order valence-corrected chi connectivity index (χ2v) is 22.1. The van der Waals surface area contributed by atoms with Crippen molar-refractivity contribution in [1.29, 1.82) is 0 Å². The fourth-order valence-corrected chi connectivity index (χ4v) is 9.98. The molecule has 0 saturated carbocycles. The lowest BCUT2D eigenvalue weighted by molar-refractivity contribution is -0.143. The van der Waals surface area contributed by atoms with Crippen LogP contribution in [0, 0.1) is 0 Å². The molecule has 0 fully saturated rings. The van der Waals surface area contributed by atoms with E-state index in [2.05, 4.69) is 55.6 Å². The van der Waals surface area contributed by atoms with Crippen LogP contribution in [0.3, 0.4) is 0 Å². The van der Waals surface area contributed by atoms with Gasteiger partial charge in [-0.1, -0.05) is 288 Å². The highest BCUT2D eigenvalue weighted by Crippen LogP contribution is 2.18. The van der Waals surface area contributed by atoms with Crippen LogP contribution >= 0.6 is 0 Å². The molecule has 0 aromatic carbocycles. The van der Waals surface area contributed by atoms with E-state index in [1.165, 1.54) is 244 Å². The Morgan fingerprint density at radius 1 is 0.389 bits per heavy atom. The summed E-state index contributed by atoms with van der Waals surface area (Å²) in [6.07, 6.45) is 77.3. The number of aliphatic hydroxyl groups excluding tert-OH is 2. The minimum Gasteiger partial charge on any atom is -0.466 e. The van der Waals surface area contributed by atoms with Gasteiger partial charge < -0.3 is 20.3 Å². The van der Waals surface area contributed by atoms with Gasteiger partial charge in [0.1, 0.15) is 0 Å². The van der Waals surface area contributed by atoms with Gasteiger partial charge in [0.2, 0.25) is 5.91 Å². The molecule has 0 aliphatic heterocycles. The summed E-state index contributed by atoms with van der Waals surface area (Å²) in [5, 5.41) is 23.4. The maximum Gasteiger partial charge on any atom is 0.305 e. The van der Waals surface area contributed by atoms with Gasteiger partial charge in [-0.2, -0.15) is 0 Å². The van der Waals surface area contributed by atoms with E-state index in [1.54, 1.807) is 0 Å². The molecule has 3 N–H and O–H groups in total. The third kappa shape index (κ3) is 57.4. The minimum absolute atomic E-state index is 0.0208. The Morgan fingerprint density at radius 2 is 0.694 bits per heavy atom. The van der Waals surface area contributed by atoms with Crippen LogP contribution < -0.4 is 5.32 Å². The number of allylic oxidation sites excluding steroid dienone is 6. The SMILES string of the molecule is CCCCCCCC/C=C\CCCCCCCC(=O)OCCCCC/C=C\C=C/CCCCCCCCCCCCC(=O)NC(CO)C(O)CCCCCCCCCCCCCCCCCCCCCCC. The molecule has 0 aromatic heterocycles. The fourth-order valence-electron chi connectivity index (χ4n) is 9.98. The number of carbonyl (C=O) groups excluding carboxylic acids is 2. The molecule has 0 aromatic rings. The molecule has 2 unspecified atom stereocenters. The van der Waals surface area contributed by atoms with Gasteiger partial charge in [-0.15, -0.1) is 0 Å². The number of hydrogen-bond acceptors (Lipinski definition) is 5. The van der Waals surface area contributed by atoms with Crippen LogP contribution in [0.15, 0.2) is 36.5 Å². The van der Waals surface area contributed by atoms with E-state index in [-0.39, 0.29) is 18.5 Å². The molecule has 0 aliphatic rings. The Bertz CT molecular complexity index is 1170. The number of rotatable bonds is 60. The molecule has 424 valence electrons. The molecule has 0 aliphatic carbocycles. The van der Waals surface area contributed by atoms with Crippen molar-refractivity contribution < 1.29 is 24.5 Å². The number of esters is 1. The largest absolute Gasteiger partial charge is 0.466 e. The van der Waals surface area contributed by atoms with Crippen LogP contribution in [-0.2, 0) is 14.3 Å². The van der Waals surface area contributed by atoms with Crippen molar-refractivity contribution in [2.24, 2.45) is 0 Å². The Morgan fingerprint density at radius 3 is 1.07 bits per heavy atom. The van der Waals surface area contributed by atoms with E-state index in [4.69, 9.17) is 4.74 Å². The van der Waals surface area contributed by atoms with Gasteiger partial charge in [0.05, 0.1) is 25.4 Å². The van der Waals surface area contributed by atoms with Gasteiger partial charge in [0, 0.05) is 12.8 Å². The van der Waals surface area contributed by atoms with Crippen molar-refractivity contribution in [2.45, 2.75) is 360 Å². The van der Waals surface area contributed by atoms with Crippen LogP contribution in [0.4, 0.5) is 0 Å². The number of ether oxygens (including phenoxy) is 1. The average Bonchev–Trinajstić information content (AvgIpc) is 3.38. The van der Waals surface area contributed by atoms with Crippen molar-refractivity contribution in [2.75, 3.05) is 13.2 Å². The molecule has 6 nitrogen and oxygen atoms in total. The first-order valence-corrected chi connectivity index (χ1v) is 32.3. The van der Waals surface area contributed by atoms with Gasteiger partial charge in [-0.25, -0.2) is 0 Å². The summed E-state index contributed by atoms with van der Waals surface area (Å²) in [7, 11) is 0. The van der Waals surface area contributed by atoms with Crippen molar-refractivity contribution >= 4 is 11.9 Å². The zero-order chi connectivity index (χ0) is 52.2. The molecule has 2 atom stereocenters. The predicted molar refractivity (Wildman–Crippen MR) is 315 cm³/mol. The standard InChI is InChI=1S/C66H125NO5/c1-3-5-7-9-11-13-15-17-19-20-21-22-24-27-31-34-38-42-46-50-54-58-64(69)63(62-68)67-65(70)59-55-51-47-43-39-35-32-28-25-23-26-29-33-37-41-45-49-53-57-61-72-66(71)60-56-52-48-44-40-36-30-18-16-14-12-10-8-6-4-2/h18,29-30,33,37,41,63-64,68-69H,3-17,19-28,31-32,34-36,38-40,42-62H2,1-2H3,(H,67,70)/b30-18-,33-29-,41-37-. The molecule has 0 spiro atoms. The summed E-state index contributed by atoms with van der Waals surface area (Å²) >= 11 is 0. The lowest BCUT2D eigenvalue weighted by atomic mass is 10.0. The molecular formula is C66H125NO5. The molecule has 0 saturated heterocycles. The number of carbonyl (C=O) groups is 2. The highest BCUT2D eigenvalue weighted by Gasteiger charge is 2.20. The lowest BCUT2D eigenvalue weighted by Crippen LogP contribution is -2.45. The quantitative estimate of drug-likeness (QED) is 0.0244. The molecule has 0 rings (SSSR count). The summed E-state index contributed by atoms with van der Waals surface area (Å²) in [6, 6.07) is -0.551. The molecule has 1 amide bonds. The first-order valence-electron chi connectivity index (χ1n) is 32.3. The van der Waals surface area contributed by atoms with E-state index in [1.807, 2.05) is 0 Å². The zero-order valence-electron chi connectivity index (χ0n) is 48.4. The number of nitrogens with one attached hydrogen (secondary N) is 1. The van der Waals surface area contributed by atoms with Gasteiger partial charge in [0.25, 0.3) is 0 Å². The number of hydrogen-bond donors (Lipinski definition) is 3. The topological polar surface area (TPSA) is 95.9 Å². The van der Waals surface area contributed by atoms with Crippen LogP contribution in [0.5, 0.6) is 0 Å². The van der Waals surface area contributed by atoms with Crippen molar-refractivity contribution in [1.82, 2.24) is 5.32 Å². The fraction of sp³-hybridized carbons (Fsp3) is 0.879. The van der Waals surface area contributed by atoms with Gasteiger partial charge in [0.15, 0.2) is 0 Å². The first kappa shape index (κ1) is 70.1. The normalized spacial score (nSPS) is 12.8. The monoisotopic (exact) mass is 1010 g/mol. The first-order chi connectivity index (χ1) is 35.5. The third-order valence-electron chi connectivity index (χ3n) is 14.9. The summed E-state index contributed by atoms with van der Waals surface area (Å²) in [5.41, 5.74) is 0. The third-order valence-corrected chi connectivity index (χ3v) is 14.9. The molecule has 0 heterocycles. The number of amides is 1. The number of unbranched alkanes of at least 4 members (excludes halogenated alkanes) is 44. The van der Waals surface area contributed by atoms with E-state index < -0.39 is 12.1 Å². The van der Waals surface area contributed by atoms with Gasteiger partial charge in [-0.3, -0.25) is 9.59 Å². The molecule has 6 heteroatoms. The maximum absolute atomic E-state index is 12.5. The Labute approximate surface area is 449 Å². The maximum atomic E-state index is 12.5. The second-order valence-electron chi connectivity index (χ2n) is 22.1. The van der Waals surface area contributed by atoms with E-state index in [9.17, 15) is 19.8 Å². The predicted octanol–water partition coefficient (Wildman–Crippen LogP) is 20.4. The molecule has 0 bridgehead atoms. The van der Waals surface area contributed by atoms with E-state index in [0.29, 0.717) is 25.9 Å². The van der Waals surface area contributed by atoms with Crippen LogP contribution in [-0.4, -0.2) is 47.4 Å². The molecule has 0 radical (unpaired) electrons. The summed E-state index contributed by atoms with van der Waals surface area (Å²) in [5.74, 6) is -0.0629. The molecule has 72 heavy (non-hydrogen) atoms. The van der Waals surface area contributed by atoms with Crippen molar-refractivity contribution in [3.05, 3.63) is 36.5 Å². The van der Waals surface area contributed by atoms with Crippen molar-refractivity contribution in [3.63, 3.8) is 0 Å². The average molecular weight is 1010 g/mol. The van der Waals surface area contributed by atoms with Gasteiger partial charge >= 0.3 is 5.97 Å². The highest BCUT2D eigenvalue weighted by atomic mass is 16.5. The minimum atomic E-state index is -0.673. The van der Waals surface area contributed by atoms with Crippen LogP contribution in [0.1, 0.15) is 348 Å². The van der Waals surface area contributed by atoms with Crippen LogP contribution in [0.25, 0.3) is 0 Å². The zero-order valence-corrected chi connectivity index (χ0v) is 48.4. The Kier molecular flexibility index (Phi) is 60.0. The summed E-state index contributed by atoms with van der Waals surface area (Å²) in [4.78, 5) is 24.6. The summed E-state index contributed by atoms with van der Waals surface area (Å²) < 4.78 is 5.45. The lowest BCUT2D eigenvalue weighted by Gasteiger charge is -2.22. The summed E-state index contributed by atoms with van der Waals surface area (Å²) in [6.45, 7) is 4.93. The van der Waals surface area contributed by atoms with Crippen molar-refractivity contribution in [3.8, 4) is 0 Å². The highest BCUT2D eigenvalue weighted by molar-refractivity contribution is 5.76. The van der Waals surface area contributed by atoms with E-state index >= 15 is 0 Å². The van der Waals surface area contributed by atoms with Gasteiger partial charge in [-0.05, 0) is 83.5 Å².